The van der Waals surface area contributed by atoms with Gasteiger partial charge in [0.1, 0.15) is 0 Å². The zero-order valence-electron chi connectivity index (χ0n) is 9.86. The van der Waals surface area contributed by atoms with Crippen molar-refractivity contribution in [3.63, 3.8) is 0 Å². The van der Waals surface area contributed by atoms with Crippen molar-refractivity contribution in [3.05, 3.63) is 18.0 Å². The summed E-state index contributed by atoms with van der Waals surface area (Å²) in [7, 11) is 0. The molecule has 1 fully saturated rings. The van der Waals surface area contributed by atoms with E-state index in [-0.39, 0.29) is 0 Å². The third-order valence-corrected chi connectivity index (χ3v) is 3.53. The van der Waals surface area contributed by atoms with E-state index in [1.54, 1.807) is 0 Å². The molecule has 88 valence electrons. The van der Waals surface area contributed by atoms with Gasteiger partial charge < -0.3 is 4.90 Å². The van der Waals surface area contributed by atoms with Gasteiger partial charge in [0.25, 0.3) is 0 Å². The lowest BCUT2D eigenvalue weighted by Crippen LogP contribution is -2.34. The van der Waals surface area contributed by atoms with Gasteiger partial charge in [0.15, 0.2) is 0 Å². The topological polar surface area (TPSA) is 29.0 Å². The molecule has 1 aromatic heterocycles. The fraction of sp³-hybridized carbons (Fsp3) is 0.667. The Morgan fingerprint density at radius 2 is 2.00 bits per heavy atom. The summed E-state index contributed by atoms with van der Waals surface area (Å²) in [5.74, 6) is 1.73. The van der Waals surface area contributed by atoms with E-state index in [1.165, 1.54) is 12.8 Å². The lowest BCUT2D eigenvalue weighted by atomic mass is 10.3. The number of nitrogens with zero attached hydrogens (tertiary/aromatic N) is 3. The first-order chi connectivity index (χ1) is 7.70. The van der Waals surface area contributed by atoms with Crippen LogP contribution in [0.15, 0.2) is 12.4 Å². The molecule has 4 heteroatoms. The van der Waals surface area contributed by atoms with Crippen LogP contribution >= 0.6 is 15.9 Å². The van der Waals surface area contributed by atoms with E-state index < -0.39 is 0 Å². The van der Waals surface area contributed by atoms with E-state index in [0.29, 0.717) is 6.04 Å². The number of halogens is 1. The van der Waals surface area contributed by atoms with E-state index in [4.69, 9.17) is 0 Å². The molecule has 16 heavy (non-hydrogen) atoms. The lowest BCUT2D eigenvalue weighted by Gasteiger charge is -2.26. The van der Waals surface area contributed by atoms with Crippen LogP contribution in [-0.2, 0) is 5.33 Å². The molecule has 0 saturated heterocycles. The predicted molar refractivity (Wildman–Crippen MR) is 69.9 cm³/mol. The van der Waals surface area contributed by atoms with E-state index >= 15 is 0 Å². The van der Waals surface area contributed by atoms with Crippen LogP contribution in [-0.4, -0.2) is 22.6 Å². The first-order valence-corrected chi connectivity index (χ1v) is 6.96. The van der Waals surface area contributed by atoms with Crippen molar-refractivity contribution < 1.29 is 0 Å². The number of hydrogen-bond acceptors (Lipinski definition) is 3. The molecule has 1 saturated carbocycles. The molecule has 0 radical (unpaired) electrons. The molecular formula is C12H18BrN3. The zero-order valence-corrected chi connectivity index (χ0v) is 11.4. The molecule has 0 spiro atoms. The highest BCUT2D eigenvalue weighted by Gasteiger charge is 2.26. The monoisotopic (exact) mass is 283 g/mol. The van der Waals surface area contributed by atoms with Gasteiger partial charge in [0.2, 0.25) is 5.95 Å². The molecular weight excluding hydrogens is 266 g/mol. The van der Waals surface area contributed by atoms with Crippen molar-refractivity contribution >= 4 is 21.9 Å². The lowest BCUT2D eigenvalue weighted by molar-refractivity contribution is 0.627. The van der Waals surface area contributed by atoms with Gasteiger partial charge in [0.05, 0.1) is 0 Å². The summed E-state index contributed by atoms with van der Waals surface area (Å²) in [5, 5.41) is 0.817. The summed E-state index contributed by atoms with van der Waals surface area (Å²) in [6, 6.07) is 0.468. The molecule has 1 aromatic rings. The fourth-order valence-corrected chi connectivity index (χ4v) is 1.96. The third-order valence-electron chi connectivity index (χ3n) is 2.88. The first kappa shape index (κ1) is 11.8. The molecule has 0 atom stereocenters. The summed E-state index contributed by atoms with van der Waals surface area (Å²) >= 11 is 3.40. The summed E-state index contributed by atoms with van der Waals surface area (Å²) in [5.41, 5.74) is 1.12. The van der Waals surface area contributed by atoms with Gasteiger partial charge in [-0.15, -0.1) is 0 Å². The van der Waals surface area contributed by atoms with Crippen LogP contribution in [0.1, 0.15) is 32.3 Å². The van der Waals surface area contributed by atoms with Gasteiger partial charge in [-0.05, 0) is 38.2 Å². The largest absolute Gasteiger partial charge is 0.338 e. The fourth-order valence-electron chi connectivity index (χ4n) is 1.67. The minimum absolute atomic E-state index is 0.468. The molecule has 0 amide bonds. The average Bonchev–Trinajstić information content (AvgIpc) is 3.09. The van der Waals surface area contributed by atoms with E-state index in [1.807, 2.05) is 12.4 Å². The van der Waals surface area contributed by atoms with Crippen molar-refractivity contribution in [1.29, 1.82) is 0 Å². The van der Waals surface area contributed by atoms with E-state index in [2.05, 4.69) is 44.6 Å². The van der Waals surface area contributed by atoms with Gasteiger partial charge in [0, 0.05) is 30.3 Å². The second-order valence-corrected chi connectivity index (χ2v) is 5.28. The Labute approximate surface area is 105 Å². The maximum absolute atomic E-state index is 4.44. The van der Waals surface area contributed by atoms with Crippen LogP contribution in [0.25, 0.3) is 0 Å². The minimum atomic E-state index is 0.468. The predicted octanol–water partition coefficient (Wildman–Crippen LogP) is 3.00. The van der Waals surface area contributed by atoms with Gasteiger partial charge in [-0.25, -0.2) is 9.97 Å². The van der Waals surface area contributed by atoms with Crippen molar-refractivity contribution in [2.45, 2.75) is 38.1 Å². The minimum Gasteiger partial charge on any atom is -0.338 e. The molecule has 0 bridgehead atoms. The molecule has 0 N–H and O–H groups in total. The Morgan fingerprint density at radius 1 is 1.38 bits per heavy atom. The van der Waals surface area contributed by atoms with Crippen LogP contribution in [0.4, 0.5) is 5.95 Å². The summed E-state index contributed by atoms with van der Waals surface area (Å²) in [6.45, 7) is 5.50. The number of anilines is 1. The summed E-state index contributed by atoms with van der Waals surface area (Å²) < 4.78 is 0. The van der Waals surface area contributed by atoms with E-state index in [9.17, 15) is 0 Å². The molecule has 0 unspecified atom stereocenters. The molecule has 3 nitrogen and oxygen atoms in total. The molecule has 2 rings (SSSR count). The van der Waals surface area contributed by atoms with Gasteiger partial charge in [-0.3, -0.25) is 0 Å². The van der Waals surface area contributed by atoms with Crippen molar-refractivity contribution in [2.75, 3.05) is 11.4 Å². The normalized spacial score (nSPS) is 15.5. The Bertz CT molecular complexity index is 333. The molecule has 0 aromatic carbocycles. The SMILES string of the molecule is CC(C)N(CC1CC1)c1ncc(CBr)cn1. The Hall–Kier alpha value is -0.640. The highest BCUT2D eigenvalue weighted by molar-refractivity contribution is 9.08. The first-order valence-electron chi connectivity index (χ1n) is 5.84. The van der Waals surface area contributed by atoms with Gasteiger partial charge in [-0.2, -0.15) is 0 Å². The second-order valence-electron chi connectivity index (χ2n) is 4.71. The van der Waals surface area contributed by atoms with Crippen molar-refractivity contribution in [2.24, 2.45) is 5.92 Å². The number of aromatic nitrogens is 2. The maximum atomic E-state index is 4.44. The molecule has 1 heterocycles. The Kier molecular flexibility index (Phi) is 3.79. The number of rotatable bonds is 5. The summed E-state index contributed by atoms with van der Waals surface area (Å²) in [6.07, 6.45) is 6.53. The standard InChI is InChI=1S/C12H18BrN3/c1-9(2)16(8-10-3-4-10)12-14-6-11(5-13)7-15-12/h6-7,9-10H,3-5,8H2,1-2H3. The van der Waals surface area contributed by atoms with Crippen molar-refractivity contribution in [1.82, 2.24) is 9.97 Å². The maximum Gasteiger partial charge on any atom is 0.225 e. The van der Waals surface area contributed by atoms with Crippen LogP contribution in [0.2, 0.25) is 0 Å². The highest BCUT2D eigenvalue weighted by atomic mass is 79.9. The molecule has 0 aliphatic heterocycles. The smallest absolute Gasteiger partial charge is 0.225 e. The van der Waals surface area contributed by atoms with Crippen LogP contribution in [0.5, 0.6) is 0 Å². The van der Waals surface area contributed by atoms with Crippen LogP contribution < -0.4 is 4.90 Å². The Balaban J connectivity index is 2.10. The quantitative estimate of drug-likeness (QED) is 0.778. The second kappa shape index (κ2) is 5.13. The molecule has 1 aliphatic rings. The molecule has 1 aliphatic carbocycles. The third kappa shape index (κ3) is 2.94. The van der Waals surface area contributed by atoms with Crippen molar-refractivity contribution in [3.8, 4) is 0 Å². The number of alkyl halides is 1. The highest BCUT2D eigenvalue weighted by Crippen LogP contribution is 2.31. The van der Waals surface area contributed by atoms with Crippen LogP contribution in [0, 0.1) is 5.92 Å². The Morgan fingerprint density at radius 3 is 2.44 bits per heavy atom. The van der Waals surface area contributed by atoms with Gasteiger partial charge >= 0.3 is 0 Å². The number of hydrogen-bond donors (Lipinski definition) is 0. The van der Waals surface area contributed by atoms with Crippen LogP contribution in [0.3, 0.4) is 0 Å². The zero-order chi connectivity index (χ0) is 11.5. The summed E-state index contributed by atoms with van der Waals surface area (Å²) in [4.78, 5) is 11.2. The van der Waals surface area contributed by atoms with E-state index in [0.717, 1.165) is 29.3 Å². The van der Waals surface area contributed by atoms with Gasteiger partial charge in [-0.1, -0.05) is 15.9 Å². The average molecular weight is 284 g/mol.